The molecule has 0 fully saturated rings. The lowest BCUT2D eigenvalue weighted by Gasteiger charge is -2.17. The zero-order valence-electron chi connectivity index (χ0n) is 11.5. The molecule has 0 aliphatic carbocycles. The maximum Gasteiger partial charge on any atom is 0.246 e. The normalized spacial score (nSPS) is 11.8. The second-order valence-corrected chi connectivity index (χ2v) is 7.56. The van der Waals surface area contributed by atoms with Crippen molar-refractivity contribution in [3.05, 3.63) is 47.5 Å². The molecule has 0 aliphatic rings. The third-order valence-corrected chi connectivity index (χ3v) is 5.56. The van der Waals surface area contributed by atoms with Crippen molar-refractivity contribution in [2.75, 3.05) is 13.3 Å². The number of nitrogens with zero attached hydrogens (tertiary/aromatic N) is 3. The number of aromatic nitrogens is 2. The Bertz CT molecular complexity index is 703. The Morgan fingerprint density at radius 3 is 2.29 bits per heavy atom. The Morgan fingerprint density at radius 2 is 1.76 bits per heavy atom. The van der Waals surface area contributed by atoms with Crippen molar-refractivity contribution in [2.45, 2.75) is 16.3 Å². The maximum absolute atomic E-state index is 12.4. The minimum absolute atomic E-state index is 0.0178. The highest BCUT2D eigenvalue weighted by Gasteiger charge is 2.21. The second-order valence-electron chi connectivity index (χ2n) is 4.30. The summed E-state index contributed by atoms with van der Waals surface area (Å²) in [5.41, 5.74) is 0.911. The van der Waals surface area contributed by atoms with E-state index in [9.17, 15) is 8.42 Å². The van der Waals surface area contributed by atoms with Gasteiger partial charge in [-0.2, -0.15) is 4.31 Å². The summed E-state index contributed by atoms with van der Waals surface area (Å²) in [6.45, 7) is 0.277. The molecule has 0 saturated carbocycles. The minimum Gasteiger partial charge on any atom is -0.225 e. The van der Waals surface area contributed by atoms with E-state index < -0.39 is 10.0 Å². The Morgan fingerprint density at radius 1 is 1.19 bits per heavy atom. The summed E-state index contributed by atoms with van der Waals surface area (Å²) in [7, 11) is -2.10. The number of hydrogen-bond acceptors (Lipinski definition) is 5. The van der Waals surface area contributed by atoms with Gasteiger partial charge in [0.2, 0.25) is 15.3 Å². The van der Waals surface area contributed by atoms with E-state index in [2.05, 4.69) is 9.97 Å². The molecule has 0 amide bonds. The van der Waals surface area contributed by atoms with E-state index in [0.29, 0.717) is 0 Å². The Kier molecular flexibility index (Phi) is 5.21. The van der Waals surface area contributed by atoms with Crippen molar-refractivity contribution in [3.8, 4) is 0 Å². The molecule has 1 aromatic carbocycles. The fraction of sp³-hybridized carbons (Fsp3) is 0.231. The van der Waals surface area contributed by atoms with E-state index in [0.717, 1.165) is 10.5 Å². The number of hydrogen-bond donors (Lipinski definition) is 0. The smallest absolute Gasteiger partial charge is 0.225 e. The molecule has 2 aromatic rings. The standard InChI is InChI=1S/C13H14ClN3O2S2/c1-17(9-10-3-5-11(20-2)6-4-10)21(18,19)12-7-15-13(14)16-8-12/h3-8H,9H2,1-2H3. The van der Waals surface area contributed by atoms with E-state index in [1.165, 1.54) is 23.7 Å². The van der Waals surface area contributed by atoms with Crippen molar-refractivity contribution >= 4 is 33.4 Å². The van der Waals surface area contributed by atoms with E-state index in [4.69, 9.17) is 11.6 Å². The van der Waals surface area contributed by atoms with Crippen LogP contribution in [0.5, 0.6) is 0 Å². The number of rotatable bonds is 5. The van der Waals surface area contributed by atoms with Gasteiger partial charge in [0.1, 0.15) is 4.90 Å². The minimum atomic E-state index is -3.63. The summed E-state index contributed by atoms with van der Waals surface area (Å²) in [5.74, 6) is 0. The molecule has 21 heavy (non-hydrogen) atoms. The van der Waals surface area contributed by atoms with Gasteiger partial charge in [-0.25, -0.2) is 18.4 Å². The first-order valence-corrected chi connectivity index (χ1v) is 9.04. The first-order valence-electron chi connectivity index (χ1n) is 6.00. The topological polar surface area (TPSA) is 63.2 Å². The highest BCUT2D eigenvalue weighted by Crippen LogP contribution is 2.18. The molecule has 0 bridgehead atoms. The van der Waals surface area contributed by atoms with E-state index in [-0.39, 0.29) is 16.7 Å². The van der Waals surface area contributed by atoms with Crippen LogP contribution >= 0.6 is 23.4 Å². The van der Waals surface area contributed by atoms with Gasteiger partial charge >= 0.3 is 0 Å². The SMILES string of the molecule is CSc1ccc(CN(C)S(=O)(=O)c2cnc(Cl)nc2)cc1. The Hall–Kier alpha value is -1.15. The molecule has 0 aliphatic heterocycles. The average molecular weight is 344 g/mol. The predicted octanol–water partition coefficient (Wildman–Crippen LogP) is 2.67. The van der Waals surface area contributed by atoms with Crippen LogP contribution in [-0.2, 0) is 16.6 Å². The van der Waals surface area contributed by atoms with E-state index >= 15 is 0 Å². The molecule has 0 atom stereocenters. The summed E-state index contributed by atoms with van der Waals surface area (Å²) in [4.78, 5) is 8.56. The number of halogens is 1. The molecular formula is C13H14ClN3O2S2. The van der Waals surface area contributed by atoms with Gasteiger partial charge in [-0.3, -0.25) is 0 Å². The molecule has 1 aromatic heterocycles. The lowest BCUT2D eigenvalue weighted by atomic mass is 10.2. The first kappa shape index (κ1) is 16.2. The second kappa shape index (κ2) is 6.74. The fourth-order valence-corrected chi connectivity index (χ4v) is 3.24. The zero-order chi connectivity index (χ0) is 15.5. The molecule has 112 valence electrons. The molecular weight excluding hydrogens is 330 g/mol. The van der Waals surface area contributed by atoms with Gasteiger partial charge in [0, 0.05) is 18.5 Å². The van der Waals surface area contributed by atoms with Crippen molar-refractivity contribution in [2.24, 2.45) is 0 Å². The van der Waals surface area contributed by atoms with E-state index in [1.807, 2.05) is 30.5 Å². The fourth-order valence-electron chi connectivity index (χ4n) is 1.69. The number of benzene rings is 1. The lowest BCUT2D eigenvalue weighted by molar-refractivity contribution is 0.466. The Balaban J connectivity index is 2.17. The Labute approximate surface area is 133 Å². The quantitative estimate of drug-likeness (QED) is 0.617. The highest BCUT2D eigenvalue weighted by atomic mass is 35.5. The van der Waals surface area contributed by atoms with Gasteiger partial charge < -0.3 is 0 Å². The molecule has 0 spiro atoms. The van der Waals surface area contributed by atoms with Crippen LogP contribution in [0.4, 0.5) is 0 Å². The van der Waals surface area contributed by atoms with Crippen molar-refractivity contribution in [1.82, 2.24) is 14.3 Å². The number of sulfonamides is 1. The lowest BCUT2D eigenvalue weighted by Crippen LogP contribution is -2.26. The van der Waals surface area contributed by atoms with Crippen LogP contribution < -0.4 is 0 Å². The monoisotopic (exact) mass is 343 g/mol. The van der Waals surface area contributed by atoms with Gasteiger partial charge in [-0.1, -0.05) is 12.1 Å². The average Bonchev–Trinajstić information content (AvgIpc) is 2.48. The van der Waals surface area contributed by atoms with Crippen molar-refractivity contribution in [1.29, 1.82) is 0 Å². The van der Waals surface area contributed by atoms with Crippen LogP contribution in [0.1, 0.15) is 5.56 Å². The van der Waals surface area contributed by atoms with Crippen LogP contribution in [-0.4, -0.2) is 36.0 Å². The predicted molar refractivity (Wildman–Crippen MR) is 83.9 cm³/mol. The molecule has 0 saturated heterocycles. The maximum atomic E-state index is 12.4. The molecule has 0 radical (unpaired) electrons. The largest absolute Gasteiger partial charge is 0.246 e. The first-order chi connectivity index (χ1) is 9.93. The van der Waals surface area contributed by atoms with Crippen LogP contribution in [0.2, 0.25) is 5.28 Å². The summed E-state index contributed by atoms with van der Waals surface area (Å²) < 4.78 is 26.0. The van der Waals surface area contributed by atoms with Crippen LogP contribution in [0, 0.1) is 0 Å². The molecule has 5 nitrogen and oxygen atoms in total. The molecule has 1 heterocycles. The van der Waals surface area contributed by atoms with E-state index in [1.54, 1.807) is 11.8 Å². The molecule has 2 rings (SSSR count). The summed E-state index contributed by atoms with van der Waals surface area (Å²) >= 11 is 7.21. The highest BCUT2D eigenvalue weighted by molar-refractivity contribution is 7.98. The van der Waals surface area contributed by atoms with Crippen molar-refractivity contribution in [3.63, 3.8) is 0 Å². The molecule has 0 unspecified atom stereocenters. The van der Waals surface area contributed by atoms with Gasteiger partial charge in [0.15, 0.2) is 0 Å². The molecule has 0 N–H and O–H groups in total. The third-order valence-electron chi connectivity index (χ3n) is 2.87. The summed E-state index contributed by atoms with van der Waals surface area (Å²) in [6, 6.07) is 7.75. The van der Waals surface area contributed by atoms with Crippen LogP contribution in [0.25, 0.3) is 0 Å². The van der Waals surface area contributed by atoms with Crippen molar-refractivity contribution < 1.29 is 8.42 Å². The van der Waals surface area contributed by atoms with Gasteiger partial charge in [-0.15, -0.1) is 11.8 Å². The van der Waals surface area contributed by atoms with Gasteiger partial charge in [0.05, 0.1) is 12.4 Å². The third kappa shape index (κ3) is 3.94. The van der Waals surface area contributed by atoms with Crippen LogP contribution in [0.15, 0.2) is 46.5 Å². The summed E-state index contributed by atoms with van der Waals surface area (Å²) in [5, 5.41) is 0.0178. The summed E-state index contributed by atoms with van der Waals surface area (Å²) in [6.07, 6.45) is 4.40. The number of thioether (sulfide) groups is 1. The zero-order valence-corrected chi connectivity index (χ0v) is 13.9. The van der Waals surface area contributed by atoms with Crippen LogP contribution in [0.3, 0.4) is 0 Å². The molecule has 8 heteroatoms. The van der Waals surface area contributed by atoms with Gasteiger partial charge in [-0.05, 0) is 35.6 Å². The van der Waals surface area contributed by atoms with Gasteiger partial charge in [0.25, 0.3) is 0 Å².